The van der Waals surface area contributed by atoms with Gasteiger partial charge >= 0.3 is 0 Å². The number of likely N-dealkylation sites (N-methyl/N-ethyl adjacent to an activating group) is 1. The van der Waals surface area contributed by atoms with E-state index in [1.54, 1.807) is 0 Å². The van der Waals surface area contributed by atoms with Crippen LogP contribution in [0.2, 0.25) is 0 Å². The third-order valence-electron chi connectivity index (χ3n) is 4.56. The maximum atomic E-state index is 6.17. The van der Waals surface area contributed by atoms with Gasteiger partial charge in [-0.25, -0.2) is 4.98 Å². The van der Waals surface area contributed by atoms with E-state index in [-0.39, 0.29) is 5.54 Å². The summed E-state index contributed by atoms with van der Waals surface area (Å²) in [6.45, 7) is 2.44. The van der Waals surface area contributed by atoms with Crippen LogP contribution in [-0.2, 0) is 11.3 Å². The molecule has 0 unspecified atom stereocenters. The summed E-state index contributed by atoms with van der Waals surface area (Å²) in [6, 6.07) is 6.08. The zero-order valence-electron chi connectivity index (χ0n) is 12.5. The zero-order valence-corrected chi connectivity index (χ0v) is 14.1. The van der Waals surface area contributed by atoms with Crippen molar-refractivity contribution in [2.45, 2.75) is 24.9 Å². The van der Waals surface area contributed by atoms with Gasteiger partial charge in [0.05, 0.1) is 11.0 Å². The lowest BCUT2D eigenvalue weighted by molar-refractivity contribution is -0.0157. The van der Waals surface area contributed by atoms with E-state index in [0.29, 0.717) is 5.95 Å². The third kappa shape index (κ3) is 2.67. The van der Waals surface area contributed by atoms with Crippen LogP contribution in [0.1, 0.15) is 12.8 Å². The van der Waals surface area contributed by atoms with Crippen LogP contribution >= 0.6 is 15.9 Å². The molecule has 1 aromatic heterocycles. The Bertz CT molecular complexity index is 646. The van der Waals surface area contributed by atoms with Crippen LogP contribution in [0.25, 0.3) is 11.0 Å². The van der Waals surface area contributed by atoms with Gasteiger partial charge in [-0.15, -0.1) is 0 Å². The van der Waals surface area contributed by atoms with Crippen LogP contribution in [0.15, 0.2) is 22.7 Å². The summed E-state index contributed by atoms with van der Waals surface area (Å²) in [5.41, 5.74) is 8.26. The molecule has 1 aliphatic rings. The number of halogens is 1. The van der Waals surface area contributed by atoms with Gasteiger partial charge in [-0.3, -0.25) is 0 Å². The second kappa shape index (κ2) is 5.59. The number of aromatic nitrogens is 2. The van der Waals surface area contributed by atoms with E-state index in [1.807, 2.05) is 12.1 Å². The lowest BCUT2D eigenvalue weighted by atomic mass is 9.88. The smallest absolute Gasteiger partial charge is 0.201 e. The van der Waals surface area contributed by atoms with Crippen molar-refractivity contribution in [3.05, 3.63) is 22.7 Å². The molecule has 2 heterocycles. The first-order valence-corrected chi connectivity index (χ1v) is 7.98. The van der Waals surface area contributed by atoms with Crippen LogP contribution in [-0.4, -0.2) is 47.3 Å². The Balaban J connectivity index is 2.03. The molecular formula is C15H21BrN4O. The first-order valence-electron chi connectivity index (χ1n) is 7.18. The lowest BCUT2D eigenvalue weighted by Gasteiger charge is -2.43. The Labute approximate surface area is 133 Å². The molecule has 0 amide bonds. The molecule has 3 rings (SSSR count). The number of hydrogen-bond donors (Lipinski definition) is 1. The molecule has 21 heavy (non-hydrogen) atoms. The van der Waals surface area contributed by atoms with Crippen molar-refractivity contribution in [2.24, 2.45) is 0 Å². The average molecular weight is 353 g/mol. The summed E-state index contributed by atoms with van der Waals surface area (Å²) in [5.74, 6) is 0.579. The van der Waals surface area contributed by atoms with Crippen molar-refractivity contribution in [3.63, 3.8) is 0 Å². The lowest BCUT2D eigenvalue weighted by Crippen LogP contribution is -2.51. The number of fused-ring (bicyclic) bond motifs is 1. The highest BCUT2D eigenvalue weighted by Crippen LogP contribution is 2.31. The van der Waals surface area contributed by atoms with E-state index >= 15 is 0 Å². The quantitative estimate of drug-likeness (QED) is 0.921. The molecule has 0 aliphatic carbocycles. The van der Waals surface area contributed by atoms with Gasteiger partial charge in [-0.05, 0) is 45.1 Å². The van der Waals surface area contributed by atoms with Gasteiger partial charge in [0.25, 0.3) is 0 Å². The van der Waals surface area contributed by atoms with E-state index in [0.717, 1.165) is 48.1 Å². The van der Waals surface area contributed by atoms with Gasteiger partial charge in [0.15, 0.2) is 0 Å². The number of imidazole rings is 1. The topological polar surface area (TPSA) is 56.3 Å². The molecule has 0 spiro atoms. The van der Waals surface area contributed by atoms with Crippen LogP contribution in [0, 0.1) is 0 Å². The van der Waals surface area contributed by atoms with Gasteiger partial charge in [-0.2, -0.15) is 0 Å². The highest BCUT2D eigenvalue weighted by atomic mass is 79.9. The predicted octanol–water partition coefficient (Wildman–Crippen LogP) is 2.49. The molecule has 0 radical (unpaired) electrons. The highest BCUT2D eigenvalue weighted by Gasteiger charge is 2.36. The normalized spacial score (nSPS) is 18.5. The van der Waals surface area contributed by atoms with Gasteiger partial charge in [-0.1, -0.05) is 15.9 Å². The third-order valence-corrected chi connectivity index (χ3v) is 5.06. The number of ether oxygens (including phenoxy) is 1. The molecule has 6 heteroatoms. The van der Waals surface area contributed by atoms with Crippen molar-refractivity contribution in [1.29, 1.82) is 0 Å². The number of benzene rings is 1. The Hall–Kier alpha value is -1.11. The second-order valence-corrected chi connectivity index (χ2v) is 6.84. The number of nitrogens with two attached hydrogens (primary N) is 1. The highest BCUT2D eigenvalue weighted by molar-refractivity contribution is 9.10. The fourth-order valence-corrected chi connectivity index (χ4v) is 3.42. The number of hydrogen-bond acceptors (Lipinski definition) is 4. The fourth-order valence-electron chi connectivity index (χ4n) is 3.07. The minimum Gasteiger partial charge on any atom is -0.381 e. The Morgan fingerprint density at radius 3 is 2.76 bits per heavy atom. The molecule has 0 atom stereocenters. The number of nitrogens with zero attached hydrogens (tertiary/aromatic N) is 3. The maximum absolute atomic E-state index is 6.17. The Morgan fingerprint density at radius 2 is 2.10 bits per heavy atom. The van der Waals surface area contributed by atoms with Gasteiger partial charge in [0.2, 0.25) is 5.95 Å². The second-order valence-electron chi connectivity index (χ2n) is 5.92. The molecule has 5 nitrogen and oxygen atoms in total. The summed E-state index contributed by atoms with van der Waals surface area (Å²) < 4.78 is 8.71. The van der Waals surface area contributed by atoms with Crippen LogP contribution in [0.4, 0.5) is 5.95 Å². The molecule has 1 aromatic carbocycles. The summed E-state index contributed by atoms with van der Waals surface area (Å²) in [6.07, 6.45) is 2.01. The summed E-state index contributed by atoms with van der Waals surface area (Å²) in [4.78, 5) is 6.78. The molecule has 1 aliphatic heterocycles. The largest absolute Gasteiger partial charge is 0.381 e. The summed E-state index contributed by atoms with van der Waals surface area (Å²) in [5, 5.41) is 0. The predicted molar refractivity (Wildman–Crippen MR) is 88.3 cm³/mol. The van der Waals surface area contributed by atoms with Crippen LogP contribution < -0.4 is 5.73 Å². The van der Waals surface area contributed by atoms with Crippen molar-refractivity contribution < 1.29 is 4.74 Å². The van der Waals surface area contributed by atoms with Gasteiger partial charge < -0.3 is 19.9 Å². The molecule has 1 saturated heterocycles. The Kier molecular flexibility index (Phi) is 3.94. The fraction of sp³-hybridized carbons (Fsp3) is 0.533. The van der Waals surface area contributed by atoms with Crippen LogP contribution in [0.5, 0.6) is 0 Å². The van der Waals surface area contributed by atoms with Crippen molar-refractivity contribution in [1.82, 2.24) is 14.5 Å². The van der Waals surface area contributed by atoms with E-state index in [9.17, 15) is 0 Å². The SMILES string of the molecule is CN(C)C1(Cn2c(N)nc3ccc(Br)cc32)CCOCC1. The average Bonchev–Trinajstić information content (AvgIpc) is 2.76. The summed E-state index contributed by atoms with van der Waals surface area (Å²) in [7, 11) is 4.27. The zero-order chi connectivity index (χ0) is 15.0. The van der Waals surface area contributed by atoms with Crippen LogP contribution in [0.3, 0.4) is 0 Å². The summed E-state index contributed by atoms with van der Waals surface area (Å²) >= 11 is 3.53. The first-order chi connectivity index (χ1) is 10.0. The maximum Gasteiger partial charge on any atom is 0.201 e. The van der Waals surface area contributed by atoms with E-state index < -0.39 is 0 Å². The molecule has 2 N–H and O–H groups in total. The molecule has 0 bridgehead atoms. The van der Waals surface area contributed by atoms with Crippen molar-refractivity contribution >= 4 is 32.9 Å². The van der Waals surface area contributed by atoms with E-state index in [4.69, 9.17) is 10.5 Å². The number of rotatable bonds is 3. The number of anilines is 1. The minimum absolute atomic E-state index is 0.0717. The molecule has 2 aromatic rings. The minimum atomic E-state index is 0.0717. The van der Waals surface area contributed by atoms with Gasteiger partial charge in [0, 0.05) is 29.8 Å². The van der Waals surface area contributed by atoms with Crippen molar-refractivity contribution in [2.75, 3.05) is 33.0 Å². The van der Waals surface area contributed by atoms with E-state index in [1.165, 1.54) is 0 Å². The van der Waals surface area contributed by atoms with E-state index in [2.05, 4.69) is 50.5 Å². The molecule has 1 fully saturated rings. The van der Waals surface area contributed by atoms with Crippen molar-refractivity contribution in [3.8, 4) is 0 Å². The first kappa shape index (κ1) is 14.8. The Morgan fingerprint density at radius 1 is 1.38 bits per heavy atom. The molecule has 0 saturated carbocycles. The molecular weight excluding hydrogens is 332 g/mol. The number of nitrogen functional groups attached to an aromatic ring is 1. The van der Waals surface area contributed by atoms with Gasteiger partial charge in [0.1, 0.15) is 0 Å². The standard InChI is InChI=1S/C15H21BrN4O/c1-19(2)15(5-7-21-8-6-15)10-20-13-9-11(16)3-4-12(13)18-14(20)17/h3-4,9H,5-8,10H2,1-2H3,(H2,17,18). The monoisotopic (exact) mass is 352 g/mol. The molecule has 114 valence electrons.